The van der Waals surface area contributed by atoms with E-state index in [-0.39, 0.29) is 5.91 Å². The topological polar surface area (TPSA) is 55.1 Å². The lowest BCUT2D eigenvalue weighted by molar-refractivity contribution is -0.120. The highest BCUT2D eigenvalue weighted by Crippen LogP contribution is 2.14. The van der Waals surface area contributed by atoms with Crippen molar-refractivity contribution >= 4 is 11.6 Å². The molecule has 0 aliphatic heterocycles. The lowest BCUT2D eigenvalue weighted by Crippen LogP contribution is -2.47. The van der Waals surface area contributed by atoms with Crippen LogP contribution in [0.5, 0.6) is 0 Å². The molecule has 0 saturated heterocycles. The van der Waals surface area contributed by atoms with Crippen molar-refractivity contribution in [2.24, 2.45) is 5.73 Å². The number of carbonyl (C=O) groups excluding carboxylic acids is 1. The van der Waals surface area contributed by atoms with Crippen LogP contribution in [0.25, 0.3) is 0 Å². The van der Waals surface area contributed by atoms with Gasteiger partial charge in [-0.1, -0.05) is 26.0 Å². The second-order valence-electron chi connectivity index (χ2n) is 4.28. The first-order valence-corrected chi connectivity index (χ1v) is 5.69. The van der Waals surface area contributed by atoms with Gasteiger partial charge in [0.1, 0.15) is 0 Å². The lowest BCUT2D eigenvalue weighted by atomic mass is 9.99. The van der Waals surface area contributed by atoms with Crippen LogP contribution in [0.1, 0.15) is 32.8 Å². The second-order valence-corrected chi connectivity index (χ2v) is 4.28. The molecule has 1 amide bonds. The van der Waals surface area contributed by atoms with E-state index >= 15 is 0 Å². The number of anilines is 1. The third kappa shape index (κ3) is 3.07. The maximum Gasteiger partial charge on any atom is 0.244 e. The van der Waals surface area contributed by atoms with E-state index in [4.69, 9.17) is 5.73 Å². The molecule has 3 nitrogen and oxygen atoms in total. The number of carbonyl (C=O) groups is 1. The molecule has 0 saturated carbocycles. The van der Waals surface area contributed by atoms with Crippen LogP contribution in [0.15, 0.2) is 24.3 Å². The van der Waals surface area contributed by atoms with Crippen molar-refractivity contribution in [2.75, 3.05) is 5.32 Å². The number of nitrogens with one attached hydrogen (secondary N) is 1. The number of nitrogens with two attached hydrogens (primary N) is 1. The minimum absolute atomic E-state index is 0.136. The van der Waals surface area contributed by atoms with Crippen molar-refractivity contribution in [2.45, 2.75) is 39.2 Å². The average Bonchev–Trinajstić information content (AvgIpc) is 2.29. The molecule has 0 radical (unpaired) electrons. The van der Waals surface area contributed by atoms with E-state index < -0.39 is 5.54 Å². The van der Waals surface area contributed by atoms with Gasteiger partial charge in [0.05, 0.1) is 5.54 Å². The number of rotatable bonds is 4. The van der Waals surface area contributed by atoms with Gasteiger partial charge in [0.25, 0.3) is 0 Å². The molecule has 0 aromatic heterocycles. The number of aryl methyl sites for hydroxylation is 1. The van der Waals surface area contributed by atoms with Gasteiger partial charge in [0, 0.05) is 5.69 Å². The van der Waals surface area contributed by atoms with Gasteiger partial charge >= 0.3 is 0 Å². The fraction of sp³-hybridized carbons (Fsp3) is 0.462. The quantitative estimate of drug-likeness (QED) is 0.818. The molecule has 1 rings (SSSR count). The van der Waals surface area contributed by atoms with Gasteiger partial charge in [-0.15, -0.1) is 0 Å². The Hall–Kier alpha value is -1.35. The molecule has 3 N–H and O–H groups in total. The van der Waals surface area contributed by atoms with E-state index in [0.717, 1.165) is 12.1 Å². The number of hydrogen-bond acceptors (Lipinski definition) is 2. The molecule has 0 heterocycles. The minimum Gasteiger partial charge on any atom is -0.324 e. The summed E-state index contributed by atoms with van der Waals surface area (Å²) in [6.45, 7) is 5.73. The van der Waals surface area contributed by atoms with Crippen molar-refractivity contribution in [1.82, 2.24) is 0 Å². The van der Waals surface area contributed by atoms with Crippen LogP contribution < -0.4 is 11.1 Å². The van der Waals surface area contributed by atoms with E-state index in [1.165, 1.54) is 5.56 Å². The number of benzene rings is 1. The number of amides is 1. The first kappa shape index (κ1) is 12.7. The van der Waals surface area contributed by atoms with E-state index in [0.29, 0.717) is 6.42 Å². The predicted octanol–water partition coefficient (Wildman–Crippen LogP) is 2.31. The van der Waals surface area contributed by atoms with Crippen molar-refractivity contribution in [3.63, 3.8) is 0 Å². The molecule has 0 bridgehead atoms. The normalized spacial score (nSPS) is 14.2. The summed E-state index contributed by atoms with van der Waals surface area (Å²) < 4.78 is 0. The minimum atomic E-state index is -0.803. The predicted molar refractivity (Wildman–Crippen MR) is 67.3 cm³/mol. The Morgan fingerprint density at radius 2 is 2.12 bits per heavy atom. The standard InChI is InChI=1S/C13H20N2O/c1-4-10-7-6-8-11(9-10)15-12(16)13(3,14)5-2/h6-9H,4-5,14H2,1-3H3,(H,15,16). The summed E-state index contributed by atoms with van der Waals surface area (Å²) in [6, 6.07) is 7.83. The molecular formula is C13H20N2O. The van der Waals surface area contributed by atoms with Gasteiger partial charge in [0.15, 0.2) is 0 Å². The molecule has 1 atom stereocenters. The molecule has 0 aliphatic carbocycles. The Kier molecular flexibility index (Phi) is 4.07. The van der Waals surface area contributed by atoms with Crippen LogP contribution in [0.2, 0.25) is 0 Å². The summed E-state index contributed by atoms with van der Waals surface area (Å²) in [5, 5.41) is 2.84. The Labute approximate surface area is 97.0 Å². The van der Waals surface area contributed by atoms with Crippen LogP contribution in [0.3, 0.4) is 0 Å². The third-order valence-electron chi connectivity index (χ3n) is 2.85. The van der Waals surface area contributed by atoms with E-state index in [2.05, 4.69) is 12.2 Å². The summed E-state index contributed by atoms with van der Waals surface area (Å²) in [5.74, 6) is -0.136. The van der Waals surface area contributed by atoms with Crippen LogP contribution >= 0.6 is 0 Å². The highest BCUT2D eigenvalue weighted by atomic mass is 16.2. The van der Waals surface area contributed by atoms with Gasteiger partial charge in [-0.05, 0) is 37.5 Å². The van der Waals surface area contributed by atoms with Crippen molar-refractivity contribution in [1.29, 1.82) is 0 Å². The van der Waals surface area contributed by atoms with E-state index in [1.807, 2.05) is 31.2 Å². The molecule has 1 aromatic carbocycles. The maximum atomic E-state index is 11.8. The third-order valence-corrected chi connectivity index (χ3v) is 2.85. The van der Waals surface area contributed by atoms with Gasteiger partial charge in [-0.3, -0.25) is 4.79 Å². The van der Waals surface area contributed by atoms with Crippen LogP contribution in [0, 0.1) is 0 Å². The summed E-state index contributed by atoms with van der Waals surface area (Å²) in [7, 11) is 0. The molecule has 0 aliphatic rings. The fourth-order valence-electron chi connectivity index (χ4n) is 1.30. The molecule has 3 heteroatoms. The second kappa shape index (κ2) is 5.12. The summed E-state index contributed by atoms with van der Waals surface area (Å²) in [4.78, 5) is 11.8. The Morgan fingerprint density at radius 1 is 1.44 bits per heavy atom. The van der Waals surface area contributed by atoms with Gasteiger partial charge in [-0.2, -0.15) is 0 Å². The van der Waals surface area contributed by atoms with Crippen molar-refractivity contribution in [3.8, 4) is 0 Å². The zero-order chi connectivity index (χ0) is 12.2. The highest BCUT2D eigenvalue weighted by molar-refractivity contribution is 5.97. The van der Waals surface area contributed by atoms with Gasteiger partial charge in [-0.25, -0.2) is 0 Å². The zero-order valence-corrected chi connectivity index (χ0v) is 10.2. The Morgan fingerprint density at radius 3 is 2.69 bits per heavy atom. The average molecular weight is 220 g/mol. The first-order valence-electron chi connectivity index (χ1n) is 5.69. The smallest absolute Gasteiger partial charge is 0.244 e. The fourth-order valence-corrected chi connectivity index (χ4v) is 1.30. The molecule has 88 valence electrons. The summed E-state index contributed by atoms with van der Waals surface area (Å²) in [6.07, 6.45) is 1.57. The summed E-state index contributed by atoms with van der Waals surface area (Å²) in [5.41, 5.74) is 7.08. The maximum absolute atomic E-state index is 11.8. The highest BCUT2D eigenvalue weighted by Gasteiger charge is 2.25. The molecule has 0 fully saturated rings. The zero-order valence-electron chi connectivity index (χ0n) is 10.2. The summed E-state index contributed by atoms with van der Waals surface area (Å²) >= 11 is 0. The monoisotopic (exact) mass is 220 g/mol. The molecule has 1 aromatic rings. The largest absolute Gasteiger partial charge is 0.324 e. The van der Waals surface area contributed by atoms with Crippen LogP contribution in [-0.2, 0) is 11.2 Å². The van der Waals surface area contributed by atoms with Crippen LogP contribution in [0.4, 0.5) is 5.69 Å². The number of hydrogen-bond donors (Lipinski definition) is 2. The van der Waals surface area contributed by atoms with Crippen molar-refractivity contribution < 1.29 is 4.79 Å². The Balaban J connectivity index is 2.77. The molecule has 1 unspecified atom stereocenters. The van der Waals surface area contributed by atoms with Crippen molar-refractivity contribution in [3.05, 3.63) is 29.8 Å². The van der Waals surface area contributed by atoms with Crippen LogP contribution in [-0.4, -0.2) is 11.4 Å². The molecule has 0 spiro atoms. The van der Waals surface area contributed by atoms with Gasteiger partial charge in [0.2, 0.25) is 5.91 Å². The SMILES string of the molecule is CCc1cccc(NC(=O)C(C)(N)CC)c1. The Bertz CT molecular complexity index is 372. The lowest BCUT2D eigenvalue weighted by Gasteiger charge is -2.21. The van der Waals surface area contributed by atoms with Gasteiger partial charge < -0.3 is 11.1 Å². The molecule has 16 heavy (non-hydrogen) atoms. The molecular weight excluding hydrogens is 200 g/mol. The van der Waals surface area contributed by atoms with E-state index in [1.54, 1.807) is 6.92 Å². The van der Waals surface area contributed by atoms with E-state index in [9.17, 15) is 4.79 Å². The first-order chi connectivity index (χ1) is 7.49.